The Morgan fingerprint density at radius 3 is 2.22 bits per heavy atom. The molecule has 1 aromatic rings. The number of benzene rings is 1. The molecule has 50 heavy (non-hydrogen) atoms. The minimum absolute atomic E-state index is 0.0237. The third-order valence-corrected chi connectivity index (χ3v) is 8.84. The second-order valence-corrected chi connectivity index (χ2v) is 13.8. The summed E-state index contributed by atoms with van der Waals surface area (Å²) in [7, 11) is 0. The summed E-state index contributed by atoms with van der Waals surface area (Å²) in [5.41, 5.74) is -0.103. The number of rotatable bonds is 15. The third kappa shape index (κ3) is 11.9. The van der Waals surface area contributed by atoms with E-state index in [1.165, 1.54) is 11.0 Å². The summed E-state index contributed by atoms with van der Waals surface area (Å²) in [5, 5.41) is 9.87. The molecule has 1 heterocycles. The van der Waals surface area contributed by atoms with E-state index >= 15 is 0 Å². The van der Waals surface area contributed by atoms with Crippen LogP contribution in [0, 0.1) is 11.3 Å². The maximum Gasteiger partial charge on any atom is 0.389 e. The number of esters is 1. The van der Waals surface area contributed by atoms with Crippen LogP contribution < -0.4 is 21.3 Å². The van der Waals surface area contributed by atoms with Crippen molar-refractivity contribution >= 4 is 35.5 Å². The van der Waals surface area contributed by atoms with Gasteiger partial charge in [-0.25, -0.2) is 9.59 Å². The molecular weight excluding hydrogens is 659 g/mol. The second-order valence-electron chi connectivity index (χ2n) is 13.8. The lowest BCUT2D eigenvalue weighted by Gasteiger charge is -2.36. The van der Waals surface area contributed by atoms with Gasteiger partial charge in [0.25, 0.3) is 5.91 Å². The van der Waals surface area contributed by atoms with Gasteiger partial charge in [0.15, 0.2) is 0 Å². The van der Waals surface area contributed by atoms with Crippen LogP contribution in [0.25, 0.3) is 0 Å². The zero-order valence-electron chi connectivity index (χ0n) is 28.8. The number of alkyl halides is 3. The van der Waals surface area contributed by atoms with Crippen molar-refractivity contribution in [3.8, 4) is 0 Å². The number of carbonyl (C=O) groups is 6. The third-order valence-electron chi connectivity index (χ3n) is 8.84. The number of ether oxygens (including phenoxy) is 1. The minimum atomic E-state index is -4.65. The van der Waals surface area contributed by atoms with E-state index in [9.17, 15) is 41.9 Å². The van der Waals surface area contributed by atoms with E-state index in [0.717, 1.165) is 18.4 Å². The van der Waals surface area contributed by atoms with Crippen molar-refractivity contribution in [2.24, 2.45) is 11.3 Å². The topological polar surface area (TPSA) is 163 Å². The summed E-state index contributed by atoms with van der Waals surface area (Å²) in [6.07, 6.45) is -1.98. The summed E-state index contributed by atoms with van der Waals surface area (Å²) >= 11 is 0. The van der Waals surface area contributed by atoms with Crippen LogP contribution in [0.5, 0.6) is 0 Å². The molecule has 0 bridgehead atoms. The van der Waals surface area contributed by atoms with Crippen LogP contribution >= 0.6 is 0 Å². The molecule has 5 amide bonds. The van der Waals surface area contributed by atoms with E-state index in [1.54, 1.807) is 20.8 Å². The summed E-state index contributed by atoms with van der Waals surface area (Å²) in [6.45, 7) is 8.54. The molecule has 3 unspecified atom stereocenters. The number of nitrogens with one attached hydrogen (secondary N) is 4. The van der Waals surface area contributed by atoms with Gasteiger partial charge in [0.05, 0.1) is 6.04 Å². The number of carbonyl (C=O) groups excluding carboxylic acids is 6. The lowest BCUT2D eigenvalue weighted by Crippen LogP contribution is -2.61. The van der Waals surface area contributed by atoms with Crippen LogP contribution in [-0.2, 0) is 35.3 Å². The van der Waals surface area contributed by atoms with Crippen molar-refractivity contribution in [2.75, 3.05) is 13.1 Å². The molecule has 1 aliphatic heterocycles. The molecule has 4 N–H and O–H groups in total. The van der Waals surface area contributed by atoms with Crippen molar-refractivity contribution in [1.29, 1.82) is 0 Å². The van der Waals surface area contributed by atoms with Gasteiger partial charge < -0.3 is 30.9 Å². The van der Waals surface area contributed by atoms with Gasteiger partial charge in [0.1, 0.15) is 24.7 Å². The molecular formula is C35H48F3N5O7. The molecule has 1 aromatic carbocycles. The van der Waals surface area contributed by atoms with Crippen molar-refractivity contribution in [1.82, 2.24) is 26.2 Å². The van der Waals surface area contributed by atoms with Crippen molar-refractivity contribution in [3.63, 3.8) is 0 Å². The Bertz CT molecular complexity index is 1380. The Hall–Kier alpha value is -4.43. The van der Waals surface area contributed by atoms with E-state index in [1.807, 2.05) is 30.3 Å². The molecule has 276 valence electrons. The standard InChI is InChI=1S/C35H48F3N5O7/c1-5-19-39-30(46)27(44)24(17-18-35(36,37)38)40-29(45)25-16-11-20-43(25)31(47)28(34(2,3)4)42-33(49)41-26(23-14-9-10-15-23)32(48)50-21-22-12-7-6-8-13-22/h5-8,12-13,23-26,28H,1,9-11,14-21H2,2-4H3,(H,39,46)(H,40,45)(H2,41,42,49)/t24?,25-,26?,28?/m0/s1. The smallest absolute Gasteiger partial charge is 0.389 e. The van der Waals surface area contributed by atoms with E-state index in [0.29, 0.717) is 19.3 Å². The average Bonchev–Trinajstić information content (AvgIpc) is 3.78. The van der Waals surface area contributed by atoms with Crippen molar-refractivity contribution in [3.05, 3.63) is 48.6 Å². The van der Waals surface area contributed by atoms with Gasteiger partial charge in [-0.1, -0.05) is 70.0 Å². The van der Waals surface area contributed by atoms with Crippen LogP contribution in [0.15, 0.2) is 43.0 Å². The molecule has 0 spiro atoms. The highest BCUT2D eigenvalue weighted by Crippen LogP contribution is 2.30. The monoisotopic (exact) mass is 707 g/mol. The Kier molecular flexibility index (Phi) is 14.4. The molecule has 3 rings (SSSR count). The lowest BCUT2D eigenvalue weighted by molar-refractivity contribution is -0.148. The van der Waals surface area contributed by atoms with E-state index < -0.39 is 84.1 Å². The molecule has 15 heteroatoms. The number of urea groups is 1. The molecule has 1 saturated carbocycles. The number of nitrogens with zero attached hydrogens (tertiary/aromatic N) is 1. The van der Waals surface area contributed by atoms with Crippen LogP contribution in [0.4, 0.5) is 18.0 Å². The van der Waals surface area contributed by atoms with Crippen molar-refractivity contribution in [2.45, 2.75) is 109 Å². The first-order valence-electron chi connectivity index (χ1n) is 16.9. The van der Waals surface area contributed by atoms with Gasteiger partial charge in [-0.2, -0.15) is 13.2 Å². The van der Waals surface area contributed by atoms with Crippen LogP contribution in [0.3, 0.4) is 0 Å². The van der Waals surface area contributed by atoms with Gasteiger partial charge in [-0.3, -0.25) is 19.2 Å². The summed E-state index contributed by atoms with van der Waals surface area (Å²) in [6, 6.07) is 3.20. The first kappa shape index (κ1) is 40.0. The van der Waals surface area contributed by atoms with Crippen LogP contribution in [0.1, 0.15) is 77.7 Å². The van der Waals surface area contributed by atoms with E-state index in [2.05, 4.69) is 27.8 Å². The fraction of sp³-hybridized carbons (Fsp3) is 0.600. The Morgan fingerprint density at radius 2 is 1.62 bits per heavy atom. The predicted molar refractivity (Wildman–Crippen MR) is 177 cm³/mol. The zero-order chi connectivity index (χ0) is 37.1. The summed E-state index contributed by atoms with van der Waals surface area (Å²) in [4.78, 5) is 80.3. The van der Waals surface area contributed by atoms with Gasteiger partial charge >= 0.3 is 18.2 Å². The fourth-order valence-corrected chi connectivity index (χ4v) is 6.16. The molecule has 12 nitrogen and oxygen atoms in total. The zero-order valence-corrected chi connectivity index (χ0v) is 28.8. The second kappa shape index (κ2) is 18.0. The first-order valence-corrected chi connectivity index (χ1v) is 16.9. The lowest BCUT2D eigenvalue weighted by atomic mass is 9.85. The number of Topliss-reactive ketones (excluding diaryl/α,β-unsaturated/α-hetero) is 1. The highest BCUT2D eigenvalue weighted by Gasteiger charge is 2.44. The Morgan fingerprint density at radius 1 is 0.960 bits per heavy atom. The fourth-order valence-electron chi connectivity index (χ4n) is 6.16. The Labute approximate surface area is 290 Å². The number of hydrogen-bond acceptors (Lipinski definition) is 7. The SMILES string of the molecule is C=CCNC(=O)C(=O)C(CCC(F)(F)F)NC(=O)[C@@H]1CCCN1C(=O)C(NC(=O)NC(C(=O)OCc1ccccc1)C1CCCC1)C(C)(C)C. The van der Waals surface area contributed by atoms with E-state index in [-0.39, 0.29) is 32.0 Å². The predicted octanol–water partition coefficient (Wildman–Crippen LogP) is 3.69. The molecule has 0 radical (unpaired) electrons. The van der Waals surface area contributed by atoms with Crippen LogP contribution in [0.2, 0.25) is 0 Å². The quantitative estimate of drug-likeness (QED) is 0.123. The highest BCUT2D eigenvalue weighted by molar-refractivity contribution is 6.38. The van der Waals surface area contributed by atoms with Gasteiger partial charge in [-0.05, 0) is 49.0 Å². The summed E-state index contributed by atoms with van der Waals surface area (Å²) in [5.74, 6) is -4.72. The number of ketones is 1. The number of likely N-dealkylation sites (tertiary alicyclic amines) is 1. The normalized spacial score (nSPS) is 18.4. The van der Waals surface area contributed by atoms with Gasteiger partial charge in [0, 0.05) is 19.5 Å². The number of halogens is 3. The molecule has 2 aliphatic rings. The van der Waals surface area contributed by atoms with Gasteiger partial charge in [0.2, 0.25) is 17.6 Å². The highest BCUT2D eigenvalue weighted by atomic mass is 19.4. The maximum atomic E-state index is 14.0. The molecule has 1 saturated heterocycles. The molecule has 2 fully saturated rings. The van der Waals surface area contributed by atoms with Crippen molar-refractivity contribution < 1.29 is 46.7 Å². The van der Waals surface area contributed by atoms with Crippen LogP contribution in [-0.4, -0.2) is 83.8 Å². The summed E-state index contributed by atoms with van der Waals surface area (Å²) < 4.78 is 44.7. The Balaban J connectivity index is 1.73. The average molecular weight is 708 g/mol. The molecule has 0 aromatic heterocycles. The molecule has 1 aliphatic carbocycles. The molecule has 4 atom stereocenters. The van der Waals surface area contributed by atoms with Gasteiger partial charge in [-0.15, -0.1) is 6.58 Å². The maximum absolute atomic E-state index is 14.0. The number of hydrogen-bond donors (Lipinski definition) is 4. The largest absolute Gasteiger partial charge is 0.459 e. The van der Waals surface area contributed by atoms with E-state index in [4.69, 9.17) is 4.74 Å². The minimum Gasteiger partial charge on any atom is -0.459 e. The number of amides is 5. The first-order chi connectivity index (χ1) is 23.5.